The van der Waals surface area contributed by atoms with Gasteiger partial charge in [0, 0.05) is 0 Å². The molecule has 3 rings (SSSR count). The van der Waals surface area contributed by atoms with Crippen LogP contribution in [0, 0.1) is 17.3 Å². The van der Waals surface area contributed by atoms with Gasteiger partial charge in [-0.15, -0.1) is 0 Å². The second-order valence-corrected chi connectivity index (χ2v) is 4.62. The van der Waals surface area contributed by atoms with Crippen LogP contribution in [-0.2, 0) is 0 Å². The number of hydrogen-bond acceptors (Lipinski definition) is 1. The minimum absolute atomic E-state index is 0.171. The molecule has 0 spiro atoms. The maximum atomic E-state index is 9.65. The third-order valence-corrected chi connectivity index (χ3v) is 3.74. The first kappa shape index (κ1) is 7.35. The number of rotatable bonds is 0. The summed E-state index contributed by atoms with van der Waals surface area (Å²) in [4.78, 5) is 0. The summed E-state index contributed by atoms with van der Waals surface area (Å²) in [5.41, 5.74) is 1.75. The zero-order valence-corrected chi connectivity index (χ0v) is 7.46. The van der Waals surface area contributed by atoms with Gasteiger partial charge in [0.15, 0.2) is 0 Å². The second-order valence-electron chi connectivity index (χ2n) is 4.62. The molecule has 0 aromatic carbocycles. The van der Waals surface area contributed by atoms with E-state index in [-0.39, 0.29) is 6.10 Å². The van der Waals surface area contributed by atoms with Gasteiger partial charge in [-0.1, -0.05) is 25.5 Å². The summed E-state index contributed by atoms with van der Waals surface area (Å²) in [6, 6.07) is 0. The number of aliphatic hydroxyl groups is 1. The summed E-state index contributed by atoms with van der Waals surface area (Å²) >= 11 is 0. The Morgan fingerprint density at radius 2 is 2.18 bits per heavy atom. The monoisotopic (exact) mass is 152 g/mol. The van der Waals surface area contributed by atoms with Gasteiger partial charge < -0.3 is 5.11 Å². The van der Waals surface area contributed by atoms with E-state index >= 15 is 0 Å². The highest BCUT2D eigenvalue weighted by molar-refractivity contribution is 5.24. The summed E-state index contributed by atoms with van der Waals surface area (Å²) < 4.78 is 0. The molecular weight excluding hydrogens is 136 g/mol. The molecule has 1 nitrogen and oxygen atoms in total. The van der Waals surface area contributed by atoms with E-state index in [0.29, 0.717) is 11.3 Å². The highest BCUT2D eigenvalue weighted by atomic mass is 16.3. The number of aliphatic hydroxyl groups excluding tert-OH is 1. The van der Waals surface area contributed by atoms with Gasteiger partial charge in [-0.05, 0) is 30.6 Å². The van der Waals surface area contributed by atoms with Crippen LogP contribution in [0.4, 0.5) is 0 Å². The molecule has 62 valence electrons. The quantitative estimate of drug-likeness (QED) is 0.526. The van der Waals surface area contributed by atoms with Gasteiger partial charge in [0.2, 0.25) is 0 Å². The van der Waals surface area contributed by atoms with Gasteiger partial charge in [0.25, 0.3) is 0 Å². The van der Waals surface area contributed by atoms with Crippen LogP contribution < -0.4 is 0 Å². The Balaban J connectivity index is 2.34. The van der Waals surface area contributed by atoms with Crippen LogP contribution in [0.3, 0.4) is 0 Å². The van der Waals surface area contributed by atoms with Crippen molar-refractivity contribution >= 4 is 0 Å². The molecule has 0 amide bonds. The van der Waals surface area contributed by atoms with E-state index in [2.05, 4.69) is 20.8 Å². The number of hydrogen-bond donors (Lipinski definition) is 1. The number of allylic oxidation sites excluding steroid dienone is 1. The maximum Gasteiger partial charge on any atom is 0.0757 e. The van der Waals surface area contributed by atoms with Gasteiger partial charge in [-0.2, -0.15) is 0 Å². The molecular formula is C10H16O. The normalized spacial score (nSPS) is 46.2. The highest BCUT2D eigenvalue weighted by Crippen LogP contribution is 2.58. The smallest absolute Gasteiger partial charge is 0.0757 e. The topological polar surface area (TPSA) is 20.2 Å². The Hall–Kier alpha value is -0.300. The predicted octanol–water partition coefficient (Wildman–Crippen LogP) is 1.97. The molecule has 3 aliphatic rings. The van der Waals surface area contributed by atoms with Gasteiger partial charge in [0.05, 0.1) is 6.10 Å². The molecule has 0 heterocycles. The van der Waals surface area contributed by atoms with Gasteiger partial charge in [0.1, 0.15) is 0 Å². The summed E-state index contributed by atoms with van der Waals surface area (Å²) in [5.74, 6) is 1.27. The van der Waals surface area contributed by atoms with E-state index in [1.807, 2.05) is 6.08 Å². The van der Waals surface area contributed by atoms with Crippen molar-refractivity contribution in [2.24, 2.45) is 17.3 Å². The molecule has 0 aliphatic heterocycles. The molecule has 0 aromatic heterocycles. The van der Waals surface area contributed by atoms with Crippen molar-refractivity contribution in [1.82, 2.24) is 0 Å². The minimum atomic E-state index is -0.171. The van der Waals surface area contributed by atoms with E-state index < -0.39 is 0 Å². The maximum absolute atomic E-state index is 9.65. The van der Waals surface area contributed by atoms with Crippen LogP contribution in [0.5, 0.6) is 0 Å². The molecule has 0 aromatic rings. The molecule has 3 atom stereocenters. The summed E-state index contributed by atoms with van der Waals surface area (Å²) in [6.07, 6.45) is 3.07. The van der Waals surface area contributed by atoms with Gasteiger partial charge >= 0.3 is 0 Å². The lowest BCUT2D eigenvalue weighted by molar-refractivity contribution is -0.0760. The zero-order valence-electron chi connectivity index (χ0n) is 7.46. The lowest BCUT2D eigenvalue weighted by Gasteiger charge is -2.57. The lowest BCUT2D eigenvalue weighted by Crippen LogP contribution is -2.53. The first-order valence-corrected chi connectivity index (χ1v) is 4.40. The first-order valence-electron chi connectivity index (χ1n) is 4.40. The fourth-order valence-corrected chi connectivity index (χ4v) is 2.81. The van der Waals surface area contributed by atoms with Crippen LogP contribution in [0.15, 0.2) is 11.6 Å². The summed E-state index contributed by atoms with van der Waals surface area (Å²) in [5, 5.41) is 9.65. The fourth-order valence-electron chi connectivity index (χ4n) is 2.81. The SMILES string of the molecule is CC1=C[C@@H](O)C2C[C@@H]1C2(C)C. The molecule has 1 saturated carbocycles. The minimum Gasteiger partial charge on any atom is -0.389 e. The average molecular weight is 152 g/mol. The molecule has 1 fully saturated rings. The average Bonchev–Trinajstić information content (AvgIpc) is 1.84. The summed E-state index contributed by atoms with van der Waals surface area (Å²) in [7, 11) is 0. The third-order valence-electron chi connectivity index (χ3n) is 3.74. The molecule has 3 aliphatic carbocycles. The van der Waals surface area contributed by atoms with Crippen LogP contribution in [-0.4, -0.2) is 11.2 Å². The zero-order chi connectivity index (χ0) is 8.22. The van der Waals surface area contributed by atoms with E-state index in [9.17, 15) is 5.11 Å². The first-order chi connectivity index (χ1) is 5.03. The van der Waals surface area contributed by atoms with Crippen molar-refractivity contribution in [1.29, 1.82) is 0 Å². The Kier molecular flexibility index (Phi) is 1.26. The Morgan fingerprint density at radius 3 is 2.55 bits per heavy atom. The van der Waals surface area contributed by atoms with Crippen molar-refractivity contribution in [3.8, 4) is 0 Å². The number of fused-ring (bicyclic) bond motifs is 1. The largest absolute Gasteiger partial charge is 0.389 e. The van der Waals surface area contributed by atoms with Crippen molar-refractivity contribution < 1.29 is 5.11 Å². The molecule has 0 radical (unpaired) electrons. The molecule has 1 heteroatoms. The van der Waals surface area contributed by atoms with Crippen molar-refractivity contribution in [2.75, 3.05) is 0 Å². The Labute approximate surface area is 68.1 Å². The van der Waals surface area contributed by atoms with Crippen molar-refractivity contribution in [3.63, 3.8) is 0 Å². The van der Waals surface area contributed by atoms with Gasteiger partial charge in [-0.3, -0.25) is 0 Å². The van der Waals surface area contributed by atoms with Crippen molar-refractivity contribution in [3.05, 3.63) is 11.6 Å². The Bertz CT molecular complexity index is 215. The lowest BCUT2D eigenvalue weighted by atomic mass is 9.48. The van der Waals surface area contributed by atoms with Crippen LogP contribution in [0.25, 0.3) is 0 Å². The standard InChI is InChI=1S/C10H16O/c1-6-4-9(11)8-5-7(6)10(8,2)3/h4,7-9,11H,5H2,1-3H3/t7-,8?,9+/m0/s1. The van der Waals surface area contributed by atoms with E-state index in [1.165, 1.54) is 12.0 Å². The molecule has 11 heavy (non-hydrogen) atoms. The van der Waals surface area contributed by atoms with Crippen LogP contribution in [0.1, 0.15) is 27.2 Å². The molecule has 1 N–H and O–H groups in total. The third kappa shape index (κ3) is 0.750. The van der Waals surface area contributed by atoms with Crippen LogP contribution in [0.2, 0.25) is 0 Å². The fraction of sp³-hybridized carbons (Fsp3) is 0.800. The molecule has 1 unspecified atom stereocenters. The Morgan fingerprint density at radius 1 is 1.55 bits per heavy atom. The van der Waals surface area contributed by atoms with E-state index in [4.69, 9.17) is 0 Å². The van der Waals surface area contributed by atoms with E-state index in [1.54, 1.807) is 0 Å². The highest BCUT2D eigenvalue weighted by Gasteiger charge is 2.53. The van der Waals surface area contributed by atoms with Crippen LogP contribution >= 0.6 is 0 Å². The molecule has 2 bridgehead atoms. The van der Waals surface area contributed by atoms with Crippen molar-refractivity contribution in [2.45, 2.75) is 33.3 Å². The summed E-state index contributed by atoms with van der Waals surface area (Å²) in [6.45, 7) is 6.68. The second kappa shape index (κ2) is 1.89. The molecule has 0 saturated heterocycles. The van der Waals surface area contributed by atoms with E-state index in [0.717, 1.165) is 5.92 Å². The predicted molar refractivity (Wildman–Crippen MR) is 45.1 cm³/mol. The van der Waals surface area contributed by atoms with Gasteiger partial charge in [-0.25, -0.2) is 0 Å².